The molecule has 116 valence electrons. The average molecular weight is 301 g/mol. The number of aryl methyl sites for hydroxylation is 1. The Bertz CT molecular complexity index is 681. The van der Waals surface area contributed by atoms with Crippen LogP contribution in [0.2, 0.25) is 0 Å². The highest BCUT2D eigenvalue weighted by Crippen LogP contribution is 2.25. The second kappa shape index (κ2) is 6.27. The van der Waals surface area contributed by atoms with Gasteiger partial charge in [-0.2, -0.15) is 0 Å². The summed E-state index contributed by atoms with van der Waals surface area (Å²) in [6, 6.07) is 3.22. The fourth-order valence-corrected chi connectivity index (χ4v) is 2.90. The Balaban J connectivity index is 1.72. The van der Waals surface area contributed by atoms with Crippen LogP contribution >= 0.6 is 0 Å². The Morgan fingerprint density at radius 3 is 2.91 bits per heavy atom. The zero-order valence-corrected chi connectivity index (χ0v) is 12.6. The van der Waals surface area contributed by atoms with Crippen LogP contribution in [-0.4, -0.2) is 33.2 Å². The van der Waals surface area contributed by atoms with Gasteiger partial charge in [-0.1, -0.05) is 5.16 Å². The van der Waals surface area contributed by atoms with Gasteiger partial charge in [0.1, 0.15) is 11.5 Å². The smallest absolute Gasteiger partial charge is 0.337 e. The number of aromatic nitrogens is 2. The first-order valence-corrected chi connectivity index (χ1v) is 7.47. The van der Waals surface area contributed by atoms with Crippen molar-refractivity contribution in [2.75, 3.05) is 7.05 Å². The molecule has 2 heterocycles. The third-order valence-electron chi connectivity index (χ3n) is 3.99. The Morgan fingerprint density at radius 2 is 2.09 bits per heavy atom. The molecule has 0 spiro atoms. The molecule has 0 saturated heterocycles. The lowest BCUT2D eigenvalue weighted by Gasteiger charge is -2.17. The van der Waals surface area contributed by atoms with Crippen molar-refractivity contribution in [1.82, 2.24) is 15.0 Å². The first-order chi connectivity index (χ1) is 10.6. The minimum Gasteiger partial charge on any atom is -0.478 e. The highest BCUT2D eigenvalue weighted by Gasteiger charge is 2.21. The van der Waals surface area contributed by atoms with Crippen LogP contribution in [0.5, 0.6) is 0 Å². The molecule has 3 rings (SSSR count). The predicted molar refractivity (Wildman–Crippen MR) is 79.5 cm³/mol. The van der Waals surface area contributed by atoms with Gasteiger partial charge < -0.3 is 9.63 Å². The van der Waals surface area contributed by atoms with E-state index in [1.54, 1.807) is 18.3 Å². The van der Waals surface area contributed by atoms with Crippen molar-refractivity contribution < 1.29 is 14.4 Å². The molecule has 0 atom stereocenters. The highest BCUT2D eigenvalue weighted by molar-refractivity contribution is 5.88. The Labute approximate surface area is 128 Å². The van der Waals surface area contributed by atoms with E-state index in [2.05, 4.69) is 10.1 Å². The monoisotopic (exact) mass is 301 g/mol. The van der Waals surface area contributed by atoms with Crippen LogP contribution in [-0.2, 0) is 25.9 Å². The molecule has 1 aliphatic carbocycles. The molecule has 2 aromatic heterocycles. The summed E-state index contributed by atoms with van der Waals surface area (Å²) < 4.78 is 5.41. The fraction of sp³-hybridized carbons (Fsp3) is 0.438. The minimum atomic E-state index is -0.949. The molecule has 0 aromatic carbocycles. The molecule has 1 aliphatic rings. The van der Waals surface area contributed by atoms with E-state index in [0.29, 0.717) is 18.8 Å². The van der Waals surface area contributed by atoms with Crippen molar-refractivity contribution in [3.63, 3.8) is 0 Å². The number of hydrogen-bond acceptors (Lipinski definition) is 5. The van der Waals surface area contributed by atoms with Crippen molar-refractivity contribution >= 4 is 5.97 Å². The molecule has 0 amide bonds. The van der Waals surface area contributed by atoms with Crippen LogP contribution in [0.3, 0.4) is 0 Å². The van der Waals surface area contributed by atoms with Crippen LogP contribution in [0.4, 0.5) is 0 Å². The quantitative estimate of drug-likeness (QED) is 0.912. The van der Waals surface area contributed by atoms with Crippen molar-refractivity contribution in [2.24, 2.45) is 0 Å². The van der Waals surface area contributed by atoms with E-state index >= 15 is 0 Å². The summed E-state index contributed by atoms with van der Waals surface area (Å²) in [5.41, 5.74) is 3.01. The van der Waals surface area contributed by atoms with Crippen molar-refractivity contribution in [1.29, 1.82) is 0 Å². The second-order valence-corrected chi connectivity index (χ2v) is 5.71. The molecule has 2 aromatic rings. The van der Waals surface area contributed by atoms with Gasteiger partial charge in [0.05, 0.1) is 11.3 Å². The van der Waals surface area contributed by atoms with Gasteiger partial charge in [-0.25, -0.2) is 4.79 Å². The number of carboxylic acids is 1. The summed E-state index contributed by atoms with van der Waals surface area (Å²) in [6.07, 6.45) is 5.94. The molecule has 0 radical (unpaired) electrons. The van der Waals surface area contributed by atoms with E-state index in [0.717, 1.165) is 30.7 Å². The lowest BCUT2D eigenvalue weighted by Crippen LogP contribution is -2.21. The van der Waals surface area contributed by atoms with Gasteiger partial charge in [0, 0.05) is 31.3 Å². The topological polar surface area (TPSA) is 79.5 Å². The molecular formula is C16H19N3O3. The van der Waals surface area contributed by atoms with Crippen LogP contribution in [0.15, 0.2) is 22.9 Å². The summed E-state index contributed by atoms with van der Waals surface area (Å²) in [5, 5.41) is 13.4. The number of nitrogens with zero attached hydrogens (tertiary/aromatic N) is 3. The second-order valence-electron chi connectivity index (χ2n) is 5.71. The SMILES string of the molecule is CN(Cc1ncccc1C(=O)O)Cc1noc2c1CCCC2. The lowest BCUT2D eigenvalue weighted by molar-refractivity contribution is 0.0694. The number of carbonyl (C=O) groups is 1. The van der Waals surface area contributed by atoms with Crippen LogP contribution in [0.1, 0.15) is 45.9 Å². The zero-order valence-electron chi connectivity index (χ0n) is 12.6. The number of pyridine rings is 1. The Kier molecular flexibility index (Phi) is 4.20. The third kappa shape index (κ3) is 3.01. The molecule has 22 heavy (non-hydrogen) atoms. The number of carboxylic acid groups (broad SMARTS) is 1. The summed E-state index contributed by atoms with van der Waals surface area (Å²) in [7, 11) is 1.93. The minimum absolute atomic E-state index is 0.247. The molecule has 0 fully saturated rings. The summed E-state index contributed by atoms with van der Waals surface area (Å²) in [6.45, 7) is 1.10. The molecule has 1 N–H and O–H groups in total. The van der Waals surface area contributed by atoms with Crippen molar-refractivity contribution in [3.8, 4) is 0 Å². The van der Waals surface area contributed by atoms with Crippen LogP contribution in [0, 0.1) is 0 Å². The molecule has 0 unspecified atom stereocenters. The molecule has 6 nitrogen and oxygen atoms in total. The van der Waals surface area contributed by atoms with Crippen LogP contribution < -0.4 is 0 Å². The van der Waals surface area contributed by atoms with Gasteiger partial charge in [-0.3, -0.25) is 9.88 Å². The van der Waals surface area contributed by atoms with E-state index in [4.69, 9.17) is 4.52 Å². The first kappa shape index (κ1) is 14.7. The largest absolute Gasteiger partial charge is 0.478 e. The van der Waals surface area contributed by atoms with E-state index in [9.17, 15) is 9.90 Å². The van der Waals surface area contributed by atoms with Gasteiger partial charge in [0.25, 0.3) is 0 Å². The molecular weight excluding hydrogens is 282 g/mol. The van der Waals surface area contributed by atoms with Gasteiger partial charge in [-0.05, 0) is 38.4 Å². The highest BCUT2D eigenvalue weighted by atomic mass is 16.5. The first-order valence-electron chi connectivity index (χ1n) is 7.47. The van der Waals surface area contributed by atoms with Gasteiger partial charge >= 0.3 is 5.97 Å². The fourth-order valence-electron chi connectivity index (χ4n) is 2.90. The van der Waals surface area contributed by atoms with E-state index in [1.165, 1.54) is 12.0 Å². The van der Waals surface area contributed by atoms with Gasteiger partial charge in [0.2, 0.25) is 0 Å². The van der Waals surface area contributed by atoms with Crippen LogP contribution in [0.25, 0.3) is 0 Å². The van der Waals surface area contributed by atoms with E-state index < -0.39 is 5.97 Å². The Hall–Kier alpha value is -2.21. The standard InChI is InChI=1S/C16H19N3O3/c1-19(9-13-12(16(20)21)6-4-8-17-13)10-14-11-5-2-3-7-15(11)22-18-14/h4,6,8H,2-3,5,7,9-10H2,1H3,(H,20,21). The van der Waals surface area contributed by atoms with Gasteiger partial charge in [0.15, 0.2) is 0 Å². The van der Waals surface area contributed by atoms with E-state index in [1.807, 2.05) is 11.9 Å². The summed E-state index contributed by atoms with van der Waals surface area (Å²) in [5.74, 6) is 0.0639. The maximum absolute atomic E-state index is 11.2. The number of aromatic carboxylic acids is 1. The molecule has 0 saturated carbocycles. The van der Waals surface area contributed by atoms with Gasteiger partial charge in [-0.15, -0.1) is 0 Å². The Morgan fingerprint density at radius 1 is 1.32 bits per heavy atom. The summed E-state index contributed by atoms with van der Waals surface area (Å²) in [4.78, 5) is 17.4. The normalized spacial score (nSPS) is 14.1. The van der Waals surface area contributed by atoms with Crippen molar-refractivity contribution in [2.45, 2.75) is 38.8 Å². The number of rotatable bonds is 5. The average Bonchev–Trinajstić information content (AvgIpc) is 2.91. The summed E-state index contributed by atoms with van der Waals surface area (Å²) >= 11 is 0. The van der Waals surface area contributed by atoms with Crippen molar-refractivity contribution in [3.05, 3.63) is 46.6 Å². The molecule has 6 heteroatoms. The number of hydrogen-bond donors (Lipinski definition) is 1. The maximum Gasteiger partial charge on any atom is 0.337 e. The zero-order chi connectivity index (χ0) is 15.5. The third-order valence-corrected chi connectivity index (χ3v) is 3.99. The van der Waals surface area contributed by atoms with E-state index in [-0.39, 0.29) is 5.56 Å². The lowest BCUT2D eigenvalue weighted by atomic mass is 9.96. The predicted octanol–water partition coefficient (Wildman–Crippen LogP) is 2.28. The maximum atomic E-state index is 11.2. The molecule has 0 bridgehead atoms. The number of fused-ring (bicyclic) bond motifs is 1. The molecule has 0 aliphatic heterocycles.